The minimum atomic E-state index is -1.01. The molecule has 1 amide bonds. The second-order valence-corrected chi connectivity index (χ2v) is 7.04. The lowest BCUT2D eigenvalue weighted by Crippen LogP contribution is -2.31. The van der Waals surface area contributed by atoms with Crippen LogP contribution in [0.3, 0.4) is 0 Å². The summed E-state index contributed by atoms with van der Waals surface area (Å²) in [6, 6.07) is 10.6. The molecule has 0 aliphatic heterocycles. The van der Waals surface area contributed by atoms with Gasteiger partial charge in [-0.1, -0.05) is 24.3 Å². The zero-order valence-electron chi connectivity index (χ0n) is 16.9. The van der Waals surface area contributed by atoms with Crippen LogP contribution in [0.2, 0.25) is 0 Å². The molecule has 0 saturated heterocycles. The fraction of sp³-hybridized carbons (Fsp3) is 0.261. The molecular formula is C23H23NO5. The summed E-state index contributed by atoms with van der Waals surface area (Å²) in [4.78, 5) is 36.4. The molecule has 0 radical (unpaired) electrons. The highest BCUT2D eigenvalue weighted by molar-refractivity contribution is 6.04. The van der Waals surface area contributed by atoms with E-state index in [1.165, 1.54) is 13.8 Å². The number of nitrogens with one attached hydrogen (secondary N) is 1. The normalized spacial score (nSPS) is 11.9. The van der Waals surface area contributed by atoms with Gasteiger partial charge in [0.25, 0.3) is 5.91 Å². The summed E-state index contributed by atoms with van der Waals surface area (Å²) in [7, 11) is 0. The van der Waals surface area contributed by atoms with Crippen LogP contribution >= 0.6 is 0 Å². The standard InChI is InChI=1S/C23H23NO5/c1-13-9-10-19-17(12-28-22(19)14(13)2)11-21(26)29-16(4)23(27)24-20-8-6-5-7-18(20)15(3)25/h5-10,12,16H,11H2,1-4H3,(H,24,27)/t16-/m1/s1. The van der Waals surface area contributed by atoms with E-state index in [-0.39, 0.29) is 12.2 Å². The highest BCUT2D eigenvalue weighted by Crippen LogP contribution is 2.27. The molecule has 1 atom stereocenters. The Kier molecular flexibility index (Phi) is 5.82. The first-order chi connectivity index (χ1) is 13.8. The fourth-order valence-corrected chi connectivity index (χ4v) is 3.11. The first-order valence-electron chi connectivity index (χ1n) is 9.34. The van der Waals surface area contributed by atoms with Gasteiger partial charge in [0.2, 0.25) is 0 Å². The number of ketones is 1. The van der Waals surface area contributed by atoms with Crippen molar-refractivity contribution in [1.82, 2.24) is 0 Å². The van der Waals surface area contributed by atoms with E-state index >= 15 is 0 Å². The smallest absolute Gasteiger partial charge is 0.311 e. The topological polar surface area (TPSA) is 85.6 Å². The number of carbonyl (C=O) groups is 3. The third-order valence-electron chi connectivity index (χ3n) is 4.92. The first kappa shape index (κ1) is 20.3. The summed E-state index contributed by atoms with van der Waals surface area (Å²) in [5, 5.41) is 3.50. The number of anilines is 1. The number of esters is 1. The number of rotatable bonds is 6. The number of Topliss-reactive ketones (excluding diaryl/α,β-unsaturated/α-hetero) is 1. The number of hydrogen-bond donors (Lipinski definition) is 1. The zero-order valence-corrected chi connectivity index (χ0v) is 16.9. The average Bonchev–Trinajstić information content (AvgIpc) is 3.08. The summed E-state index contributed by atoms with van der Waals surface area (Å²) in [5.41, 5.74) is 4.38. The lowest BCUT2D eigenvalue weighted by atomic mass is 10.0. The largest absolute Gasteiger partial charge is 0.464 e. The minimum Gasteiger partial charge on any atom is -0.464 e. The van der Waals surface area contributed by atoms with Gasteiger partial charge in [-0.25, -0.2) is 0 Å². The van der Waals surface area contributed by atoms with Crippen LogP contribution in [0.15, 0.2) is 47.1 Å². The molecule has 0 aliphatic carbocycles. The van der Waals surface area contributed by atoms with Gasteiger partial charge in [0, 0.05) is 16.5 Å². The highest BCUT2D eigenvalue weighted by Gasteiger charge is 2.21. The third kappa shape index (κ3) is 4.37. The molecule has 0 bridgehead atoms. The fourth-order valence-electron chi connectivity index (χ4n) is 3.11. The molecule has 0 aliphatic rings. The van der Waals surface area contributed by atoms with Crippen molar-refractivity contribution < 1.29 is 23.5 Å². The number of hydrogen-bond acceptors (Lipinski definition) is 5. The van der Waals surface area contributed by atoms with E-state index in [4.69, 9.17) is 9.15 Å². The molecule has 3 aromatic rings. The maximum atomic E-state index is 12.4. The average molecular weight is 393 g/mol. The highest BCUT2D eigenvalue weighted by atomic mass is 16.5. The number of furan rings is 1. The Bertz CT molecular complexity index is 1100. The van der Waals surface area contributed by atoms with Crippen LogP contribution in [0.1, 0.15) is 40.9 Å². The van der Waals surface area contributed by atoms with Crippen molar-refractivity contribution >= 4 is 34.3 Å². The Morgan fingerprint density at radius 2 is 1.83 bits per heavy atom. The summed E-state index contributed by atoms with van der Waals surface area (Å²) >= 11 is 0. The third-order valence-corrected chi connectivity index (χ3v) is 4.92. The van der Waals surface area contributed by atoms with Gasteiger partial charge in [-0.2, -0.15) is 0 Å². The maximum absolute atomic E-state index is 12.4. The molecule has 1 N–H and O–H groups in total. The Morgan fingerprint density at radius 1 is 1.10 bits per heavy atom. The van der Waals surface area contributed by atoms with Crippen molar-refractivity contribution in [2.45, 2.75) is 40.2 Å². The zero-order chi connectivity index (χ0) is 21.1. The Hall–Kier alpha value is -3.41. The number of carbonyl (C=O) groups excluding carboxylic acids is 3. The number of amides is 1. The second kappa shape index (κ2) is 8.31. The van der Waals surface area contributed by atoms with E-state index < -0.39 is 18.0 Å². The molecule has 0 saturated carbocycles. The van der Waals surface area contributed by atoms with Gasteiger partial charge in [-0.3, -0.25) is 14.4 Å². The predicted octanol–water partition coefficient (Wildman–Crippen LogP) is 4.37. The quantitative estimate of drug-likeness (QED) is 0.497. The summed E-state index contributed by atoms with van der Waals surface area (Å²) in [6.07, 6.45) is 0.535. The lowest BCUT2D eigenvalue weighted by molar-refractivity contribution is -0.152. The van der Waals surface area contributed by atoms with Gasteiger partial charge in [0.05, 0.1) is 18.4 Å². The summed E-state index contributed by atoms with van der Waals surface area (Å²) < 4.78 is 10.9. The van der Waals surface area contributed by atoms with Crippen LogP contribution < -0.4 is 5.32 Å². The van der Waals surface area contributed by atoms with Crippen molar-refractivity contribution in [3.63, 3.8) is 0 Å². The number of aryl methyl sites for hydroxylation is 2. The maximum Gasteiger partial charge on any atom is 0.311 e. The number of fused-ring (bicyclic) bond motifs is 1. The molecular weight excluding hydrogens is 370 g/mol. The van der Waals surface area contributed by atoms with Gasteiger partial charge in [-0.05, 0) is 51.0 Å². The Labute approximate surface area is 168 Å². The number of benzene rings is 2. The number of para-hydroxylation sites is 1. The van der Waals surface area contributed by atoms with E-state index in [2.05, 4.69) is 5.32 Å². The molecule has 150 valence electrons. The molecule has 3 rings (SSSR count). The Morgan fingerprint density at radius 3 is 2.55 bits per heavy atom. The molecule has 6 heteroatoms. The number of ether oxygens (including phenoxy) is 1. The van der Waals surface area contributed by atoms with Crippen LogP contribution in [0.5, 0.6) is 0 Å². The van der Waals surface area contributed by atoms with Crippen molar-refractivity contribution in [1.29, 1.82) is 0 Å². The predicted molar refractivity (Wildman–Crippen MR) is 110 cm³/mol. The second-order valence-electron chi connectivity index (χ2n) is 7.04. The molecule has 1 heterocycles. The van der Waals surface area contributed by atoms with Gasteiger partial charge >= 0.3 is 5.97 Å². The van der Waals surface area contributed by atoms with E-state index in [1.54, 1.807) is 30.5 Å². The van der Waals surface area contributed by atoms with Crippen LogP contribution in [0.25, 0.3) is 11.0 Å². The molecule has 1 aromatic heterocycles. The van der Waals surface area contributed by atoms with Crippen molar-refractivity contribution in [2.24, 2.45) is 0 Å². The molecule has 0 spiro atoms. The van der Waals surface area contributed by atoms with E-state index in [1.807, 2.05) is 26.0 Å². The van der Waals surface area contributed by atoms with Gasteiger partial charge in [-0.15, -0.1) is 0 Å². The SMILES string of the molecule is CC(=O)c1ccccc1NC(=O)[C@@H](C)OC(=O)Cc1coc2c(C)c(C)ccc12. The summed E-state index contributed by atoms with van der Waals surface area (Å²) in [5.74, 6) is -1.20. The summed E-state index contributed by atoms with van der Waals surface area (Å²) in [6.45, 7) is 6.88. The van der Waals surface area contributed by atoms with E-state index in [9.17, 15) is 14.4 Å². The minimum absolute atomic E-state index is 0.00282. The van der Waals surface area contributed by atoms with Crippen LogP contribution in [0, 0.1) is 13.8 Å². The van der Waals surface area contributed by atoms with Crippen molar-refractivity contribution in [3.05, 3.63) is 64.9 Å². The van der Waals surface area contributed by atoms with E-state index in [0.29, 0.717) is 16.8 Å². The van der Waals surface area contributed by atoms with Crippen LogP contribution in [-0.2, 0) is 20.7 Å². The van der Waals surface area contributed by atoms with Crippen LogP contribution in [-0.4, -0.2) is 23.8 Å². The van der Waals surface area contributed by atoms with Gasteiger partial charge < -0.3 is 14.5 Å². The van der Waals surface area contributed by atoms with Gasteiger partial charge in [0.1, 0.15) is 5.58 Å². The molecule has 6 nitrogen and oxygen atoms in total. The van der Waals surface area contributed by atoms with Crippen LogP contribution in [0.4, 0.5) is 5.69 Å². The Balaban J connectivity index is 1.66. The van der Waals surface area contributed by atoms with Crippen molar-refractivity contribution in [3.8, 4) is 0 Å². The first-order valence-corrected chi connectivity index (χ1v) is 9.34. The molecule has 2 aromatic carbocycles. The molecule has 0 unspecified atom stereocenters. The monoisotopic (exact) mass is 393 g/mol. The van der Waals surface area contributed by atoms with Gasteiger partial charge in [0.15, 0.2) is 11.9 Å². The lowest BCUT2D eigenvalue weighted by Gasteiger charge is -2.15. The van der Waals surface area contributed by atoms with E-state index in [0.717, 1.165) is 22.1 Å². The molecule has 0 fully saturated rings. The molecule has 29 heavy (non-hydrogen) atoms. The van der Waals surface area contributed by atoms with Crippen molar-refractivity contribution in [2.75, 3.05) is 5.32 Å².